The van der Waals surface area contributed by atoms with Crippen molar-refractivity contribution in [3.8, 4) is 11.3 Å². The Labute approximate surface area is 149 Å². The number of rotatable bonds is 5. The Kier molecular flexibility index (Phi) is 4.43. The summed E-state index contributed by atoms with van der Waals surface area (Å²) in [6, 6.07) is 15.5. The summed E-state index contributed by atoms with van der Waals surface area (Å²) in [5, 5.41) is 0.910. The van der Waals surface area contributed by atoms with E-state index in [0.717, 1.165) is 22.2 Å². The molecule has 1 heterocycles. The minimum Gasteiger partial charge on any atom is -0.369 e. The molecule has 25 heavy (non-hydrogen) atoms. The lowest BCUT2D eigenvalue weighted by atomic mass is 10.1. The van der Waals surface area contributed by atoms with Gasteiger partial charge in [0.25, 0.3) is 0 Å². The van der Waals surface area contributed by atoms with Crippen LogP contribution >= 0.6 is 0 Å². The van der Waals surface area contributed by atoms with E-state index in [-0.39, 0.29) is 0 Å². The van der Waals surface area contributed by atoms with E-state index in [4.69, 9.17) is 0 Å². The molecule has 4 nitrogen and oxygen atoms in total. The molecule has 0 aliphatic heterocycles. The maximum atomic E-state index is 12.6. The normalized spacial score (nSPS) is 11.6. The molecule has 130 valence electrons. The highest BCUT2D eigenvalue weighted by atomic mass is 32.2. The zero-order valence-corrected chi connectivity index (χ0v) is 15.5. The van der Waals surface area contributed by atoms with Crippen LogP contribution in [0.3, 0.4) is 0 Å². The number of hydrogen-bond donors (Lipinski definition) is 0. The number of aromatic nitrogens is 1. The highest BCUT2D eigenvalue weighted by Gasteiger charge is 2.25. The Morgan fingerprint density at radius 3 is 2.36 bits per heavy atom. The minimum atomic E-state index is -3.48. The molecule has 0 fully saturated rings. The number of anilines is 1. The van der Waals surface area contributed by atoms with Gasteiger partial charge in [0.15, 0.2) is 0 Å². The fraction of sp³-hybridized carbons (Fsp3) is 0.200. The smallest absolute Gasteiger partial charge is 0.236 e. The van der Waals surface area contributed by atoms with Gasteiger partial charge in [-0.3, -0.25) is 0 Å². The number of nitrogens with zero attached hydrogens (tertiary/aromatic N) is 2. The van der Waals surface area contributed by atoms with Gasteiger partial charge < -0.3 is 4.90 Å². The van der Waals surface area contributed by atoms with Gasteiger partial charge >= 0.3 is 0 Å². The van der Waals surface area contributed by atoms with Crippen LogP contribution < -0.4 is 4.90 Å². The van der Waals surface area contributed by atoms with Gasteiger partial charge in [0, 0.05) is 24.5 Å². The Morgan fingerprint density at radius 1 is 1.12 bits per heavy atom. The van der Waals surface area contributed by atoms with E-state index in [1.54, 1.807) is 0 Å². The lowest BCUT2D eigenvalue weighted by molar-refractivity contribution is 0.595. The number of fused-ring (bicyclic) bond motifs is 1. The predicted molar refractivity (Wildman–Crippen MR) is 106 cm³/mol. The first-order chi connectivity index (χ1) is 11.8. The first kappa shape index (κ1) is 17.3. The van der Waals surface area contributed by atoms with Gasteiger partial charge in [-0.1, -0.05) is 54.1 Å². The fourth-order valence-corrected chi connectivity index (χ4v) is 4.22. The van der Waals surface area contributed by atoms with E-state index in [1.165, 1.54) is 10.2 Å². The molecule has 0 saturated carbocycles. The standard InChI is InChI=1S/C20H22N2O2S/c1-5-14-21(3)20-17-8-6-7-9-18(17)22(25(4,23)24)19(20)16-12-10-15(2)11-13-16/h5-13H,1,14H2,2-4H3. The highest BCUT2D eigenvalue weighted by Crippen LogP contribution is 2.41. The monoisotopic (exact) mass is 354 g/mol. The summed E-state index contributed by atoms with van der Waals surface area (Å²) < 4.78 is 26.7. The van der Waals surface area contributed by atoms with E-state index < -0.39 is 10.0 Å². The largest absolute Gasteiger partial charge is 0.369 e. The van der Waals surface area contributed by atoms with Crippen molar-refractivity contribution in [2.75, 3.05) is 24.7 Å². The molecule has 0 bridgehead atoms. The van der Waals surface area contributed by atoms with Crippen LogP contribution in [0.15, 0.2) is 61.2 Å². The van der Waals surface area contributed by atoms with Gasteiger partial charge in [-0.15, -0.1) is 6.58 Å². The molecule has 0 spiro atoms. The molecule has 0 radical (unpaired) electrons. The van der Waals surface area contributed by atoms with Crippen molar-refractivity contribution in [2.45, 2.75) is 6.92 Å². The van der Waals surface area contributed by atoms with Crippen molar-refractivity contribution < 1.29 is 8.42 Å². The van der Waals surface area contributed by atoms with Crippen LogP contribution in [-0.4, -0.2) is 32.2 Å². The van der Waals surface area contributed by atoms with E-state index in [2.05, 4.69) is 6.58 Å². The second-order valence-corrected chi connectivity index (χ2v) is 8.11. The summed E-state index contributed by atoms with van der Waals surface area (Å²) in [6.07, 6.45) is 3.06. The first-order valence-corrected chi connectivity index (χ1v) is 9.92. The summed E-state index contributed by atoms with van der Waals surface area (Å²) >= 11 is 0. The Morgan fingerprint density at radius 2 is 1.76 bits per heavy atom. The third-order valence-electron chi connectivity index (χ3n) is 4.25. The van der Waals surface area contributed by atoms with Gasteiger partial charge in [-0.25, -0.2) is 12.4 Å². The Balaban J connectivity index is 2.48. The summed E-state index contributed by atoms with van der Waals surface area (Å²) in [5.41, 5.74) is 4.27. The Hall–Kier alpha value is -2.53. The minimum absolute atomic E-state index is 0.622. The van der Waals surface area contributed by atoms with Crippen LogP contribution in [0, 0.1) is 6.92 Å². The molecular formula is C20H22N2O2S. The zero-order valence-electron chi connectivity index (χ0n) is 14.7. The van der Waals surface area contributed by atoms with Crippen LogP contribution in [0.2, 0.25) is 0 Å². The third-order valence-corrected chi connectivity index (χ3v) is 5.29. The van der Waals surface area contributed by atoms with E-state index in [1.807, 2.05) is 73.5 Å². The second kappa shape index (κ2) is 6.41. The van der Waals surface area contributed by atoms with Gasteiger partial charge in [-0.05, 0) is 13.0 Å². The molecule has 0 N–H and O–H groups in total. The maximum absolute atomic E-state index is 12.6. The zero-order chi connectivity index (χ0) is 18.2. The highest BCUT2D eigenvalue weighted by molar-refractivity contribution is 7.89. The molecule has 0 aliphatic carbocycles. The molecule has 3 rings (SSSR count). The molecule has 1 aromatic heterocycles. The van der Waals surface area contributed by atoms with Crippen LogP contribution in [0.5, 0.6) is 0 Å². The van der Waals surface area contributed by atoms with Gasteiger partial charge in [-0.2, -0.15) is 0 Å². The number of benzene rings is 2. The number of likely N-dealkylation sites (N-methyl/N-ethyl adjacent to an activating group) is 1. The van der Waals surface area contributed by atoms with Crippen molar-refractivity contribution in [1.29, 1.82) is 0 Å². The molecule has 0 aliphatic rings. The van der Waals surface area contributed by atoms with Gasteiger partial charge in [0.05, 0.1) is 23.2 Å². The fourth-order valence-electron chi connectivity index (χ4n) is 3.18. The molecule has 5 heteroatoms. The summed E-state index contributed by atoms with van der Waals surface area (Å²) in [7, 11) is -1.53. The Bertz CT molecular complexity index is 1030. The predicted octanol–water partition coefficient (Wildman–Crippen LogP) is 4.05. The van der Waals surface area contributed by atoms with E-state index in [9.17, 15) is 8.42 Å². The molecule has 2 aromatic carbocycles. The van der Waals surface area contributed by atoms with Crippen molar-refractivity contribution >= 4 is 26.6 Å². The summed E-state index contributed by atoms with van der Waals surface area (Å²) in [4.78, 5) is 2.03. The van der Waals surface area contributed by atoms with Crippen molar-refractivity contribution in [1.82, 2.24) is 3.97 Å². The van der Waals surface area contributed by atoms with E-state index in [0.29, 0.717) is 17.8 Å². The molecule has 0 atom stereocenters. The molecule has 3 aromatic rings. The van der Waals surface area contributed by atoms with Gasteiger partial charge in [0.1, 0.15) is 0 Å². The number of para-hydroxylation sites is 1. The molecule has 0 unspecified atom stereocenters. The quantitative estimate of drug-likeness (QED) is 0.649. The third kappa shape index (κ3) is 3.07. The summed E-state index contributed by atoms with van der Waals surface area (Å²) in [6.45, 7) is 6.45. The van der Waals surface area contributed by atoms with E-state index >= 15 is 0 Å². The SMILES string of the molecule is C=CCN(C)c1c(-c2ccc(C)cc2)n(S(C)(=O)=O)c2ccccc12. The molecular weight excluding hydrogens is 332 g/mol. The van der Waals surface area contributed by atoms with Crippen molar-refractivity contribution in [3.05, 3.63) is 66.7 Å². The van der Waals surface area contributed by atoms with Crippen LogP contribution in [0.25, 0.3) is 22.2 Å². The average Bonchev–Trinajstić information content (AvgIpc) is 2.91. The first-order valence-electron chi connectivity index (χ1n) is 8.07. The van der Waals surface area contributed by atoms with Crippen LogP contribution in [0.1, 0.15) is 5.56 Å². The van der Waals surface area contributed by atoms with Gasteiger partial charge in [0.2, 0.25) is 10.0 Å². The maximum Gasteiger partial charge on any atom is 0.236 e. The molecule has 0 saturated heterocycles. The van der Waals surface area contributed by atoms with Crippen molar-refractivity contribution in [2.24, 2.45) is 0 Å². The van der Waals surface area contributed by atoms with Crippen molar-refractivity contribution in [3.63, 3.8) is 0 Å². The number of hydrogen-bond acceptors (Lipinski definition) is 3. The summed E-state index contributed by atoms with van der Waals surface area (Å²) in [5.74, 6) is 0. The average molecular weight is 354 g/mol. The molecule has 0 amide bonds. The van der Waals surface area contributed by atoms with Crippen LogP contribution in [0.4, 0.5) is 5.69 Å². The lowest BCUT2D eigenvalue weighted by Crippen LogP contribution is -2.18. The second-order valence-electron chi connectivity index (χ2n) is 6.28. The number of aryl methyl sites for hydroxylation is 1. The topological polar surface area (TPSA) is 42.3 Å². The van der Waals surface area contributed by atoms with Crippen LogP contribution in [-0.2, 0) is 10.0 Å². The lowest BCUT2D eigenvalue weighted by Gasteiger charge is -2.20.